The van der Waals surface area contributed by atoms with Crippen molar-refractivity contribution in [1.82, 2.24) is 0 Å². The normalized spacial score (nSPS) is 11.0. The van der Waals surface area contributed by atoms with E-state index in [1.54, 1.807) is 43.3 Å². The van der Waals surface area contributed by atoms with Gasteiger partial charge in [-0.05, 0) is 42.8 Å². The van der Waals surface area contributed by atoms with Crippen LogP contribution < -0.4 is 14.8 Å². The molecule has 12 heteroatoms. The standard InChI is InChI=1S/C25H17Cl4N3O5/c1-2-36-23-8-14(3-6-22(23)37-13-15-4-5-17(26)9-19(15)27)7-16(12-30)25(33)31-24-20(28)10-18(32(34)35)11-21(24)29/h3-11H,2,13H2,1H3,(H,31,33)/b16-7+. The summed E-state index contributed by atoms with van der Waals surface area (Å²) in [7, 11) is 0. The Morgan fingerprint density at radius 1 is 1.03 bits per heavy atom. The average Bonchev–Trinajstić information content (AvgIpc) is 2.85. The molecule has 1 amide bonds. The number of nitrogens with zero attached hydrogens (tertiary/aromatic N) is 2. The average molecular weight is 581 g/mol. The highest BCUT2D eigenvalue weighted by molar-refractivity contribution is 6.40. The van der Waals surface area contributed by atoms with Crippen LogP contribution in [0, 0.1) is 21.4 Å². The van der Waals surface area contributed by atoms with Crippen molar-refractivity contribution in [3.8, 4) is 17.6 Å². The van der Waals surface area contributed by atoms with E-state index in [1.807, 2.05) is 6.07 Å². The molecule has 0 unspecified atom stereocenters. The van der Waals surface area contributed by atoms with Crippen molar-refractivity contribution < 1.29 is 19.2 Å². The molecule has 3 rings (SSSR count). The lowest BCUT2D eigenvalue weighted by Gasteiger charge is -2.14. The lowest BCUT2D eigenvalue weighted by atomic mass is 10.1. The Morgan fingerprint density at radius 2 is 1.73 bits per heavy atom. The van der Waals surface area contributed by atoms with E-state index in [0.29, 0.717) is 33.7 Å². The molecule has 8 nitrogen and oxygen atoms in total. The minimum Gasteiger partial charge on any atom is -0.490 e. The number of ether oxygens (including phenoxy) is 2. The van der Waals surface area contributed by atoms with E-state index in [9.17, 15) is 20.2 Å². The van der Waals surface area contributed by atoms with Crippen LogP contribution in [0.4, 0.5) is 11.4 Å². The van der Waals surface area contributed by atoms with E-state index in [4.69, 9.17) is 55.9 Å². The van der Waals surface area contributed by atoms with Crippen LogP contribution in [0.1, 0.15) is 18.1 Å². The number of non-ortho nitro benzene ring substituents is 1. The van der Waals surface area contributed by atoms with E-state index in [0.717, 1.165) is 17.7 Å². The van der Waals surface area contributed by atoms with Gasteiger partial charge in [0.2, 0.25) is 0 Å². The maximum Gasteiger partial charge on any atom is 0.272 e. The molecule has 190 valence electrons. The van der Waals surface area contributed by atoms with Crippen LogP contribution >= 0.6 is 46.4 Å². The van der Waals surface area contributed by atoms with Gasteiger partial charge in [0.05, 0.1) is 27.3 Å². The zero-order chi connectivity index (χ0) is 27.1. The van der Waals surface area contributed by atoms with Crippen LogP contribution in [0.25, 0.3) is 6.08 Å². The molecule has 37 heavy (non-hydrogen) atoms. The van der Waals surface area contributed by atoms with E-state index in [-0.39, 0.29) is 33.6 Å². The highest BCUT2D eigenvalue weighted by atomic mass is 35.5. The van der Waals surface area contributed by atoms with Crippen molar-refractivity contribution >= 4 is 69.8 Å². The number of benzene rings is 3. The summed E-state index contributed by atoms with van der Waals surface area (Å²) in [6.07, 6.45) is 1.34. The third-order valence-corrected chi connectivity index (χ3v) is 6.00. The second-order valence-corrected chi connectivity index (χ2v) is 8.99. The summed E-state index contributed by atoms with van der Waals surface area (Å²) in [6.45, 7) is 2.30. The van der Waals surface area contributed by atoms with Gasteiger partial charge in [0.25, 0.3) is 11.6 Å². The SMILES string of the molecule is CCOc1cc(/C=C(\C#N)C(=O)Nc2c(Cl)cc([N+](=O)[O-])cc2Cl)ccc1OCc1ccc(Cl)cc1Cl. The van der Waals surface area contributed by atoms with Gasteiger partial charge in [-0.3, -0.25) is 14.9 Å². The number of halogens is 4. The van der Waals surface area contributed by atoms with Crippen LogP contribution in [-0.4, -0.2) is 17.4 Å². The van der Waals surface area contributed by atoms with Crippen molar-refractivity contribution in [1.29, 1.82) is 5.26 Å². The summed E-state index contributed by atoms with van der Waals surface area (Å²) < 4.78 is 11.5. The lowest BCUT2D eigenvalue weighted by Crippen LogP contribution is -2.14. The van der Waals surface area contributed by atoms with Gasteiger partial charge >= 0.3 is 0 Å². The number of rotatable bonds is 9. The Kier molecular flexibility index (Phi) is 9.61. The number of carbonyl (C=O) groups is 1. The first-order valence-electron chi connectivity index (χ1n) is 10.5. The van der Waals surface area contributed by atoms with Crippen LogP contribution in [0.3, 0.4) is 0 Å². The number of anilines is 1. The van der Waals surface area contributed by atoms with Gasteiger partial charge in [0.1, 0.15) is 18.2 Å². The smallest absolute Gasteiger partial charge is 0.272 e. The zero-order valence-electron chi connectivity index (χ0n) is 19.1. The number of hydrogen-bond donors (Lipinski definition) is 1. The Hall–Kier alpha value is -3.48. The summed E-state index contributed by atoms with van der Waals surface area (Å²) in [5.41, 5.74) is 0.541. The van der Waals surface area contributed by atoms with Crippen LogP contribution in [0.2, 0.25) is 20.1 Å². The highest BCUT2D eigenvalue weighted by Gasteiger charge is 2.19. The third-order valence-electron chi connectivity index (χ3n) is 4.82. The number of nitrogens with one attached hydrogen (secondary N) is 1. The molecule has 3 aromatic rings. The van der Waals surface area contributed by atoms with Gasteiger partial charge in [-0.1, -0.05) is 58.5 Å². The first-order chi connectivity index (χ1) is 17.6. The quantitative estimate of drug-likeness (QED) is 0.120. The summed E-state index contributed by atoms with van der Waals surface area (Å²) in [5, 5.41) is 23.6. The molecule has 1 N–H and O–H groups in total. The minimum absolute atomic E-state index is 0.0558. The fraction of sp³-hybridized carbons (Fsp3) is 0.120. The molecular weight excluding hydrogens is 564 g/mol. The highest BCUT2D eigenvalue weighted by Crippen LogP contribution is 2.35. The third kappa shape index (κ3) is 7.28. The lowest BCUT2D eigenvalue weighted by molar-refractivity contribution is -0.384. The van der Waals surface area contributed by atoms with E-state index in [1.165, 1.54) is 6.08 Å². The summed E-state index contributed by atoms with van der Waals surface area (Å²) >= 11 is 24.2. The maximum absolute atomic E-state index is 12.7. The number of carbonyl (C=O) groups excluding carboxylic acids is 1. The molecule has 0 heterocycles. The second-order valence-electron chi connectivity index (χ2n) is 7.33. The molecule has 0 aliphatic heterocycles. The molecule has 0 spiro atoms. The molecule has 0 atom stereocenters. The molecular formula is C25H17Cl4N3O5. The van der Waals surface area contributed by atoms with Gasteiger partial charge in [0.15, 0.2) is 11.5 Å². The van der Waals surface area contributed by atoms with E-state index < -0.39 is 10.8 Å². The summed E-state index contributed by atoms with van der Waals surface area (Å²) in [6, 6.07) is 13.9. The first kappa shape index (κ1) is 28.1. The number of nitro benzene ring substituents is 1. The van der Waals surface area contributed by atoms with Crippen molar-refractivity contribution in [2.75, 3.05) is 11.9 Å². The molecule has 0 aromatic heterocycles. The van der Waals surface area contributed by atoms with Crippen LogP contribution in [0.15, 0.2) is 54.1 Å². The van der Waals surface area contributed by atoms with Gasteiger partial charge < -0.3 is 14.8 Å². The monoisotopic (exact) mass is 579 g/mol. The number of nitriles is 1. The Labute approximate surface area is 232 Å². The Bertz CT molecular complexity index is 1410. The maximum atomic E-state index is 12.7. The number of amides is 1. The van der Waals surface area contributed by atoms with Crippen LogP contribution in [-0.2, 0) is 11.4 Å². The van der Waals surface area contributed by atoms with Crippen molar-refractivity contribution in [3.63, 3.8) is 0 Å². The van der Waals surface area contributed by atoms with Gasteiger partial charge in [-0.25, -0.2) is 0 Å². The second kappa shape index (κ2) is 12.7. The van der Waals surface area contributed by atoms with Crippen molar-refractivity contribution in [2.24, 2.45) is 0 Å². The van der Waals surface area contributed by atoms with Gasteiger partial charge in [0, 0.05) is 27.7 Å². The molecule has 0 saturated carbocycles. The fourth-order valence-corrected chi connectivity index (χ4v) is 4.11. The number of nitro groups is 1. The molecule has 0 saturated heterocycles. The molecule has 0 aliphatic rings. The number of hydrogen-bond acceptors (Lipinski definition) is 6. The van der Waals surface area contributed by atoms with E-state index in [2.05, 4.69) is 5.32 Å². The van der Waals surface area contributed by atoms with Crippen LogP contribution in [0.5, 0.6) is 11.5 Å². The van der Waals surface area contributed by atoms with Gasteiger partial charge in [-0.15, -0.1) is 0 Å². The molecule has 3 aromatic carbocycles. The van der Waals surface area contributed by atoms with E-state index >= 15 is 0 Å². The van der Waals surface area contributed by atoms with Crippen molar-refractivity contribution in [3.05, 3.63) is 95.4 Å². The first-order valence-corrected chi connectivity index (χ1v) is 12.0. The summed E-state index contributed by atoms with van der Waals surface area (Å²) in [5.74, 6) is 0.00808. The molecule has 0 radical (unpaired) electrons. The molecule has 0 aliphatic carbocycles. The largest absolute Gasteiger partial charge is 0.490 e. The molecule has 0 fully saturated rings. The summed E-state index contributed by atoms with van der Waals surface area (Å²) in [4.78, 5) is 23.0. The molecule has 0 bridgehead atoms. The fourth-order valence-electron chi connectivity index (χ4n) is 3.08. The Balaban J connectivity index is 1.83. The zero-order valence-corrected chi connectivity index (χ0v) is 22.1. The minimum atomic E-state index is -0.809. The van der Waals surface area contributed by atoms with Gasteiger partial charge in [-0.2, -0.15) is 5.26 Å². The van der Waals surface area contributed by atoms with Crippen molar-refractivity contribution in [2.45, 2.75) is 13.5 Å². The Morgan fingerprint density at radius 3 is 2.32 bits per heavy atom. The predicted molar refractivity (Wildman–Crippen MR) is 144 cm³/mol. The topological polar surface area (TPSA) is 114 Å². The predicted octanol–water partition coefficient (Wildman–Crippen LogP) is 7.73.